The van der Waals surface area contributed by atoms with E-state index in [1.165, 1.54) is 17.5 Å². The average molecular weight is 363 g/mol. The molecule has 4 nitrogen and oxygen atoms in total. The number of carbonyl (C=O) groups is 1. The van der Waals surface area contributed by atoms with Gasteiger partial charge in [0.15, 0.2) is 5.69 Å². The molecule has 0 aliphatic rings. The minimum absolute atomic E-state index is 0.106. The summed E-state index contributed by atoms with van der Waals surface area (Å²) in [5.41, 5.74) is 1.22. The Kier molecular flexibility index (Phi) is 4.54. The number of aryl methyl sites for hydroxylation is 1. The molecule has 0 atom stereocenters. The monoisotopic (exact) mass is 363 g/mol. The molecule has 0 bridgehead atoms. The zero-order chi connectivity index (χ0) is 18.0. The number of nitrogens with zero attached hydrogens (tertiary/aromatic N) is 2. The lowest BCUT2D eigenvalue weighted by Gasteiger charge is -2.14. The molecular formula is C17H12F3N3OS. The molecule has 0 aliphatic carbocycles. The minimum atomic E-state index is -4.44. The lowest BCUT2D eigenvalue weighted by atomic mass is 9.97. The number of halogens is 3. The molecule has 3 aromatic rings. The third-order valence-electron chi connectivity index (χ3n) is 3.53. The number of amides is 1. The van der Waals surface area contributed by atoms with Gasteiger partial charge in [-0.25, -0.2) is 0 Å². The molecule has 0 saturated carbocycles. The molecule has 0 spiro atoms. The molecule has 0 fully saturated rings. The molecule has 0 radical (unpaired) electrons. The molecule has 1 amide bonds. The Labute approximate surface area is 145 Å². The van der Waals surface area contributed by atoms with Gasteiger partial charge in [0.05, 0.1) is 5.56 Å². The number of alkyl halides is 3. The van der Waals surface area contributed by atoms with Gasteiger partial charge in [-0.15, -0.1) is 5.10 Å². The number of aromatic nitrogens is 2. The van der Waals surface area contributed by atoms with Crippen LogP contribution in [0.4, 0.5) is 18.9 Å². The fourth-order valence-electron chi connectivity index (χ4n) is 2.34. The zero-order valence-electron chi connectivity index (χ0n) is 13.0. The summed E-state index contributed by atoms with van der Waals surface area (Å²) in [6, 6.07) is 10.2. The van der Waals surface area contributed by atoms with E-state index in [1.54, 1.807) is 31.2 Å². The van der Waals surface area contributed by atoms with Gasteiger partial charge in [-0.3, -0.25) is 4.79 Å². The van der Waals surface area contributed by atoms with Crippen LogP contribution in [0.15, 0.2) is 47.8 Å². The molecule has 1 aromatic heterocycles. The van der Waals surface area contributed by atoms with Crippen molar-refractivity contribution in [3.63, 3.8) is 0 Å². The minimum Gasteiger partial charge on any atom is -0.321 e. The highest BCUT2D eigenvalue weighted by Gasteiger charge is 2.33. The first-order chi connectivity index (χ1) is 11.8. The first kappa shape index (κ1) is 17.1. The normalized spacial score (nSPS) is 11.4. The van der Waals surface area contributed by atoms with E-state index < -0.39 is 17.6 Å². The third-order valence-corrected chi connectivity index (χ3v) is 4.03. The Hall–Kier alpha value is -2.74. The van der Waals surface area contributed by atoms with Crippen molar-refractivity contribution < 1.29 is 18.0 Å². The van der Waals surface area contributed by atoms with Crippen LogP contribution in [0, 0.1) is 6.92 Å². The lowest BCUT2D eigenvalue weighted by Crippen LogP contribution is -2.12. The Morgan fingerprint density at radius 1 is 1.12 bits per heavy atom. The van der Waals surface area contributed by atoms with E-state index in [4.69, 9.17) is 0 Å². The SMILES string of the molecule is Cc1ccc(C(F)(F)F)c(-c2ccc(NC(=O)c3csnn3)cc2)c1. The predicted octanol–water partition coefficient (Wildman–Crippen LogP) is 4.78. The molecule has 0 unspecified atom stereocenters. The number of hydrogen-bond donors (Lipinski definition) is 1. The average Bonchev–Trinajstić information content (AvgIpc) is 3.09. The topological polar surface area (TPSA) is 54.9 Å². The van der Waals surface area contributed by atoms with Gasteiger partial charge >= 0.3 is 6.18 Å². The van der Waals surface area contributed by atoms with Gasteiger partial charge in [-0.2, -0.15) is 13.2 Å². The summed E-state index contributed by atoms with van der Waals surface area (Å²) in [6.07, 6.45) is -4.44. The van der Waals surface area contributed by atoms with Crippen LogP contribution < -0.4 is 5.32 Å². The van der Waals surface area contributed by atoms with E-state index in [2.05, 4.69) is 14.9 Å². The molecule has 128 valence electrons. The number of hydrogen-bond acceptors (Lipinski definition) is 4. The van der Waals surface area contributed by atoms with Gasteiger partial charge in [0.25, 0.3) is 5.91 Å². The number of carbonyl (C=O) groups excluding carboxylic acids is 1. The van der Waals surface area contributed by atoms with E-state index in [0.29, 0.717) is 11.3 Å². The molecular weight excluding hydrogens is 351 g/mol. The first-order valence-electron chi connectivity index (χ1n) is 7.21. The van der Waals surface area contributed by atoms with Crippen LogP contribution in [0.5, 0.6) is 0 Å². The summed E-state index contributed by atoms with van der Waals surface area (Å²) in [5, 5.41) is 7.79. The van der Waals surface area contributed by atoms with Crippen molar-refractivity contribution in [1.82, 2.24) is 9.59 Å². The molecule has 0 aliphatic heterocycles. The molecule has 2 aromatic carbocycles. The quantitative estimate of drug-likeness (QED) is 0.728. The third kappa shape index (κ3) is 3.85. The Bertz CT molecular complexity index is 891. The van der Waals surface area contributed by atoms with Crippen LogP contribution in [-0.4, -0.2) is 15.5 Å². The highest BCUT2D eigenvalue weighted by atomic mass is 32.1. The summed E-state index contributed by atoms with van der Waals surface area (Å²) in [5.74, 6) is -0.423. The van der Waals surface area contributed by atoms with Crippen LogP contribution in [0.3, 0.4) is 0 Å². The van der Waals surface area contributed by atoms with Gasteiger partial charge in [0.2, 0.25) is 0 Å². The second-order valence-corrected chi connectivity index (χ2v) is 5.98. The maximum atomic E-state index is 13.2. The van der Waals surface area contributed by atoms with Crippen LogP contribution in [-0.2, 0) is 6.18 Å². The largest absolute Gasteiger partial charge is 0.417 e. The second kappa shape index (κ2) is 6.64. The Balaban J connectivity index is 1.88. The van der Waals surface area contributed by atoms with E-state index in [0.717, 1.165) is 23.2 Å². The number of anilines is 1. The van der Waals surface area contributed by atoms with Gasteiger partial charge in [0, 0.05) is 11.1 Å². The summed E-state index contributed by atoms with van der Waals surface area (Å²) in [4.78, 5) is 11.9. The van der Waals surface area contributed by atoms with Crippen LogP contribution >= 0.6 is 11.5 Å². The van der Waals surface area contributed by atoms with Crippen molar-refractivity contribution in [3.05, 3.63) is 64.7 Å². The van der Waals surface area contributed by atoms with E-state index in [9.17, 15) is 18.0 Å². The molecule has 0 saturated heterocycles. The summed E-state index contributed by atoms with van der Waals surface area (Å²) >= 11 is 1.05. The molecule has 3 rings (SSSR count). The fourth-order valence-corrected chi connectivity index (χ4v) is 2.77. The van der Waals surface area contributed by atoms with Gasteiger partial charge < -0.3 is 5.32 Å². The van der Waals surface area contributed by atoms with E-state index in [-0.39, 0.29) is 11.3 Å². The van der Waals surface area contributed by atoms with Gasteiger partial charge in [0.1, 0.15) is 0 Å². The van der Waals surface area contributed by atoms with Crippen molar-refractivity contribution in [2.24, 2.45) is 0 Å². The summed E-state index contributed by atoms with van der Waals surface area (Å²) in [6.45, 7) is 1.74. The lowest BCUT2D eigenvalue weighted by molar-refractivity contribution is -0.137. The van der Waals surface area contributed by atoms with Gasteiger partial charge in [-0.1, -0.05) is 34.3 Å². The first-order valence-corrected chi connectivity index (χ1v) is 8.05. The van der Waals surface area contributed by atoms with Crippen molar-refractivity contribution >= 4 is 23.1 Å². The van der Waals surface area contributed by atoms with E-state index >= 15 is 0 Å². The number of nitrogens with one attached hydrogen (secondary N) is 1. The summed E-state index contributed by atoms with van der Waals surface area (Å²) < 4.78 is 43.2. The Morgan fingerprint density at radius 3 is 2.44 bits per heavy atom. The van der Waals surface area contributed by atoms with Crippen LogP contribution in [0.25, 0.3) is 11.1 Å². The molecule has 8 heteroatoms. The number of rotatable bonds is 3. The van der Waals surface area contributed by atoms with E-state index in [1.807, 2.05) is 0 Å². The molecule has 25 heavy (non-hydrogen) atoms. The van der Waals surface area contributed by atoms with Gasteiger partial charge in [-0.05, 0) is 47.8 Å². The highest BCUT2D eigenvalue weighted by molar-refractivity contribution is 7.03. The molecule has 1 N–H and O–H groups in total. The zero-order valence-corrected chi connectivity index (χ0v) is 13.8. The Morgan fingerprint density at radius 2 is 1.84 bits per heavy atom. The van der Waals surface area contributed by atoms with Crippen molar-refractivity contribution in [1.29, 1.82) is 0 Å². The number of benzene rings is 2. The summed E-state index contributed by atoms with van der Waals surface area (Å²) in [7, 11) is 0. The second-order valence-electron chi connectivity index (χ2n) is 5.37. The molecule has 1 heterocycles. The van der Waals surface area contributed by atoms with Crippen LogP contribution in [0.2, 0.25) is 0 Å². The smallest absolute Gasteiger partial charge is 0.321 e. The maximum absolute atomic E-state index is 13.2. The maximum Gasteiger partial charge on any atom is 0.417 e. The highest BCUT2D eigenvalue weighted by Crippen LogP contribution is 2.37. The predicted molar refractivity (Wildman–Crippen MR) is 89.5 cm³/mol. The van der Waals surface area contributed by atoms with Crippen molar-refractivity contribution in [3.8, 4) is 11.1 Å². The fraction of sp³-hybridized carbons (Fsp3) is 0.118. The van der Waals surface area contributed by atoms with Crippen molar-refractivity contribution in [2.45, 2.75) is 13.1 Å². The standard InChI is InChI=1S/C17H12F3N3OS/c1-10-2-7-14(17(18,19)20)13(8-10)11-3-5-12(6-4-11)21-16(24)15-9-25-23-22-15/h2-9H,1H3,(H,21,24). The van der Waals surface area contributed by atoms with Crippen molar-refractivity contribution in [2.75, 3.05) is 5.32 Å². The van der Waals surface area contributed by atoms with Crippen LogP contribution in [0.1, 0.15) is 21.6 Å².